The highest BCUT2D eigenvalue weighted by Gasteiger charge is 2.20. The van der Waals surface area contributed by atoms with Crippen molar-refractivity contribution in [3.8, 4) is 0 Å². The molecule has 0 heterocycles. The summed E-state index contributed by atoms with van der Waals surface area (Å²) in [5, 5.41) is 11.3. The Hall–Kier alpha value is -0.810. The Bertz CT molecular complexity index is 230. The van der Waals surface area contributed by atoms with Crippen molar-refractivity contribution in [1.82, 2.24) is 4.90 Å². The van der Waals surface area contributed by atoms with Crippen molar-refractivity contribution in [2.24, 2.45) is 16.8 Å². The van der Waals surface area contributed by atoms with Crippen molar-refractivity contribution in [3.63, 3.8) is 0 Å². The number of unbranched alkanes of at least 4 members (excludes halogenated alkanes) is 1. The van der Waals surface area contributed by atoms with Gasteiger partial charge in [-0.1, -0.05) is 5.16 Å². The van der Waals surface area contributed by atoms with Gasteiger partial charge in [0.2, 0.25) is 0 Å². The average Bonchev–Trinajstić information content (AvgIpc) is 3.14. The molecule has 0 aromatic heterocycles. The van der Waals surface area contributed by atoms with Gasteiger partial charge in [0.05, 0.1) is 6.61 Å². The van der Waals surface area contributed by atoms with Crippen molar-refractivity contribution < 1.29 is 9.94 Å². The second kappa shape index (κ2) is 8.31. The summed E-state index contributed by atoms with van der Waals surface area (Å²) >= 11 is 0. The molecule has 100 valence electrons. The lowest BCUT2D eigenvalue weighted by Gasteiger charge is -2.16. The maximum atomic E-state index is 8.37. The van der Waals surface area contributed by atoms with Gasteiger partial charge in [-0.15, -0.1) is 0 Å². The summed E-state index contributed by atoms with van der Waals surface area (Å²) in [7, 11) is 2.10. The number of oxime groups is 1. The van der Waals surface area contributed by atoms with Crippen LogP contribution in [-0.4, -0.2) is 49.3 Å². The fraction of sp³-hybridized carbons (Fsp3) is 0.917. The summed E-state index contributed by atoms with van der Waals surface area (Å²) in [6.07, 6.45) is 5.40. The molecule has 5 heteroatoms. The first-order chi connectivity index (χ1) is 8.22. The molecule has 0 aromatic carbocycles. The molecule has 0 amide bonds. The van der Waals surface area contributed by atoms with Gasteiger partial charge in [0.15, 0.2) is 0 Å². The highest BCUT2D eigenvalue weighted by molar-refractivity contribution is 5.79. The van der Waals surface area contributed by atoms with E-state index in [1.807, 2.05) is 0 Å². The molecule has 0 atom stereocenters. The van der Waals surface area contributed by atoms with Crippen molar-refractivity contribution in [1.29, 1.82) is 0 Å². The number of amidine groups is 1. The van der Waals surface area contributed by atoms with Gasteiger partial charge in [-0.05, 0) is 45.2 Å². The lowest BCUT2D eigenvalue weighted by molar-refractivity contribution is 0.103. The van der Waals surface area contributed by atoms with Crippen LogP contribution in [0.2, 0.25) is 0 Å². The third kappa shape index (κ3) is 7.99. The molecule has 1 fully saturated rings. The summed E-state index contributed by atoms with van der Waals surface area (Å²) < 4.78 is 5.58. The standard InChI is InChI=1S/C12H25N3O2/c1-15(7-3-2-4-12(13)14-16)8-9-17-10-11-5-6-11/h11,16H,2-10H2,1H3,(H2,13,14). The topological polar surface area (TPSA) is 71.1 Å². The molecule has 1 rings (SSSR count). The first-order valence-corrected chi connectivity index (χ1v) is 6.45. The molecule has 0 radical (unpaired) electrons. The Morgan fingerprint density at radius 1 is 1.41 bits per heavy atom. The number of hydrogen-bond donors (Lipinski definition) is 2. The van der Waals surface area contributed by atoms with Crippen LogP contribution in [0, 0.1) is 5.92 Å². The molecule has 0 aliphatic heterocycles. The average molecular weight is 243 g/mol. The summed E-state index contributed by atoms with van der Waals surface area (Å²) in [6.45, 7) is 3.78. The smallest absolute Gasteiger partial charge is 0.139 e. The molecule has 17 heavy (non-hydrogen) atoms. The Labute approximate surface area is 104 Å². The van der Waals surface area contributed by atoms with Crippen LogP contribution in [0.3, 0.4) is 0 Å². The van der Waals surface area contributed by atoms with Gasteiger partial charge < -0.3 is 20.6 Å². The molecule has 0 aromatic rings. The molecule has 5 nitrogen and oxygen atoms in total. The number of likely N-dealkylation sites (N-methyl/N-ethyl adjacent to an activating group) is 1. The highest BCUT2D eigenvalue weighted by Crippen LogP contribution is 2.28. The second-order valence-electron chi connectivity index (χ2n) is 4.87. The molecule has 0 saturated heterocycles. The zero-order valence-electron chi connectivity index (χ0n) is 10.8. The molecule has 3 N–H and O–H groups in total. The molecule has 1 saturated carbocycles. The SMILES string of the molecule is CN(CCCCC(N)=NO)CCOCC1CC1. The number of hydrogen-bond acceptors (Lipinski definition) is 4. The lowest BCUT2D eigenvalue weighted by Crippen LogP contribution is -2.25. The lowest BCUT2D eigenvalue weighted by atomic mass is 10.2. The normalized spacial score (nSPS) is 16.7. The maximum Gasteiger partial charge on any atom is 0.139 e. The predicted molar refractivity (Wildman–Crippen MR) is 68.3 cm³/mol. The number of nitrogens with two attached hydrogens (primary N) is 1. The Morgan fingerprint density at radius 3 is 2.82 bits per heavy atom. The van der Waals surface area contributed by atoms with E-state index < -0.39 is 0 Å². The zero-order chi connectivity index (χ0) is 12.5. The van der Waals surface area contributed by atoms with E-state index in [0.717, 1.165) is 45.1 Å². The largest absolute Gasteiger partial charge is 0.409 e. The first-order valence-electron chi connectivity index (χ1n) is 6.45. The Morgan fingerprint density at radius 2 is 2.18 bits per heavy atom. The first kappa shape index (κ1) is 14.3. The maximum absolute atomic E-state index is 8.37. The van der Waals surface area contributed by atoms with E-state index in [1.54, 1.807) is 0 Å². The van der Waals surface area contributed by atoms with E-state index in [-0.39, 0.29) is 0 Å². The van der Waals surface area contributed by atoms with Crippen LogP contribution in [0.15, 0.2) is 5.16 Å². The number of rotatable bonds is 10. The van der Waals surface area contributed by atoms with E-state index in [4.69, 9.17) is 15.7 Å². The molecular formula is C12H25N3O2. The minimum absolute atomic E-state index is 0.320. The quantitative estimate of drug-likeness (QED) is 0.199. The van der Waals surface area contributed by atoms with Crippen molar-refractivity contribution in [2.75, 3.05) is 33.4 Å². The molecular weight excluding hydrogens is 218 g/mol. The van der Waals surface area contributed by atoms with E-state index in [1.165, 1.54) is 12.8 Å². The number of nitrogens with zero attached hydrogens (tertiary/aromatic N) is 2. The molecule has 1 aliphatic rings. The summed E-state index contributed by atoms with van der Waals surface area (Å²) in [6, 6.07) is 0. The number of ether oxygens (including phenoxy) is 1. The van der Waals surface area contributed by atoms with Gasteiger partial charge in [0.1, 0.15) is 5.84 Å². The Kier molecular flexibility index (Phi) is 6.96. The van der Waals surface area contributed by atoms with Crippen molar-refractivity contribution in [3.05, 3.63) is 0 Å². The van der Waals surface area contributed by atoms with Gasteiger partial charge in [0, 0.05) is 19.6 Å². The van der Waals surface area contributed by atoms with Crippen LogP contribution in [0.5, 0.6) is 0 Å². The van der Waals surface area contributed by atoms with Crippen LogP contribution in [0.25, 0.3) is 0 Å². The van der Waals surface area contributed by atoms with E-state index in [2.05, 4.69) is 17.1 Å². The van der Waals surface area contributed by atoms with E-state index in [0.29, 0.717) is 12.3 Å². The van der Waals surface area contributed by atoms with Crippen LogP contribution < -0.4 is 5.73 Å². The van der Waals surface area contributed by atoms with Gasteiger partial charge in [-0.3, -0.25) is 0 Å². The van der Waals surface area contributed by atoms with Crippen LogP contribution >= 0.6 is 0 Å². The minimum Gasteiger partial charge on any atom is -0.409 e. The second-order valence-corrected chi connectivity index (χ2v) is 4.87. The van der Waals surface area contributed by atoms with Crippen LogP contribution in [-0.2, 0) is 4.74 Å². The third-order valence-electron chi connectivity index (χ3n) is 3.02. The summed E-state index contributed by atoms with van der Waals surface area (Å²) in [4.78, 5) is 2.26. The minimum atomic E-state index is 0.320. The summed E-state index contributed by atoms with van der Waals surface area (Å²) in [5.74, 6) is 1.17. The van der Waals surface area contributed by atoms with E-state index >= 15 is 0 Å². The van der Waals surface area contributed by atoms with Crippen molar-refractivity contribution in [2.45, 2.75) is 32.1 Å². The molecule has 0 spiro atoms. The Balaban J connectivity index is 1.84. The fourth-order valence-electron chi connectivity index (χ4n) is 1.60. The van der Waals surface area contributed by atoms with Crippen LogP contribution in [0.1, 0.15) is 32.1 Å². The van der Waals surface area contributed by atoms with E-state index in [9.17, 15) is 0 Å². The molecule has 0 bridgehead atoms. The predicted octanol–water partition coefficient (Wildman–Crippen LogP) is 1.26. The van der Waals surface area contributed by atoms with Gasteiger partial charge in [0.25, 0.3) is 0 Å². The van der Waals surface area contributed by atoms with Crippen molar-refractivity contribution >= 4 is 5.84 Å². The van der Waals surface area contributed by atoms with Gasteiger partial charge in [-0.25, -0.2) is 0 Å². The van der Waals surface area contributed by atoms with Gasteiger partial charge >= 0.3 is 0 Å². The molecule has 0 unspecified atom stereocenters. The van der Waals surface area contributed by atoms with Gasteiger partial charge in [-0.2, -0.15) is 0 Å². The molecule has 1 aliphatic carbocycles. The monoisotopic (exact) mass is 243 g/mol. The fourth-order valence-corrected chi connectivity index (χ4v) is 1.60. The van der Waals surface area contributed by atoms with Crippen LogP contribution in [0.4, 0.5) is 0 Å². The highest BCUT2D eigenvalue weighted by atomic mass is 16.5. The summed E-state index contributed by atoms with van der Waals surface area (Å²) in [5.41, 5.74) is 5.39. The zero-order valence-corrected chi connectivity index (χ0v) is 10.8. The third-order valence-corrected chi connectivity index (χ3v) is 3.02.